The van der Waals surface area contributed by atoms with Crippen LogP contribution in [0.3, 0.4) is 0 Å². The highest BCUT2D eigenvalue weighted by Crippen LogP contribution is 2.51. The van der Waals surface area contributed by atoms with E-state index in [9.17, 15) is 63.1 Å². The largest absolute Gasteiger partial charge is 0.472 e. The van der Waals surface area contributed by atoms with Gasteiger partial charge in [-0.15, -0.1) is 6.42 Å². The van der Waals surface area contributed by atoms with Crippen molar-refractivity contribution in [2.24, 2.45) is 0 Å². The number of unbranched alkanes of at least 4 members (excludes halogenated alkanes) is 12. The highest BCUT2D eigenvalue weighted by molar-refractivity contribution is 7.59. The first-order chi connectivity index (χ1) is 30.3. The van der Waals surface area contributed by atoms with Gasteiger partial charge in [0, 0.05) is 33.7 Å². The lowest BCUT2D eigenvalue weighted by Gasteiger charge is -2.44. The molecule has 0 aromatic heterocycles. The summed E-state index contributed by atoms with van der Waals surface area (Å²) < 4.78 is 64.6. The number of aliphatic hydroxyl groups excluding tert-OH is 3. The lowest BCUT2D eigenvalue weighted by molar-refractivity contribution is -0.213. The molecule has 0 aromatic carbocycles. The number of aliphatic hydroxyl groups is 3. The van der Waals surface area contributed by atoms with Crippen LogP contribution in [0.5, 0.6) is 0 Å². The van der Waals surface area contributed by atoms with Crippen LogP contribution in [0.4, 0.5) is 0 Å². The Morgan fingerprint density at radius 1 is 0.569 bits per heavy atom. The number of hydrogen-bond acceptors (Lipinski definition) is 14. The van der Waals surface area contributed by atoms with Crippen LogP contribution in [0.1, 0.15) is 118 Å². The lowest BCUT2D eigenvalue weighted by atomic mass is 9.85. The maximum absolute atomic E-state index is 13.0. The van der Waals surface area contributed by atoms with E-state index in [2.05, 4.69) is 98.9 Å². The average Bonchev–Trinajstić information content (AvgIpc) is 3.22. The molecular formula is C42H83O19P3S. The van der Waals surface area contributed by atoms with Crippen molar-refractivity contribution < 1.29 is 112 Å². The minimum absolute atomic E-state index is 0. The van der Waals surface area contributed by atoms with Crippen molar-refractivity contribution >= 4 is 48.9 Å². The van der Waals surface area contributed by atoms with E-state index in [0.29, 0.717) is 12.8 Å². The summed E-state index contributed by atoms with van der Waals surface area (Å²) in [6.45, 7) is 0.318. The number of terminal acetylenes is 1. The fourth-order valence-electron chi connectivity index (χ4n) is 5.53. The minimum Gasteiger partial charge on any atom is -0.456 e. The maximum Gasteiger partial charge on any atom is 0.472 e. The third kappa shape index (κ3) is 30.7. The number of hydrogen-bond donors (Lipinski definition) is 8. The summed E-state index contributed by atoms with van der Waals surface area (Å²) in [6, 6.07) is 0. The summed E-state index contributed by atoms with van der Waals surface area (Å²) >= 11 is 0. The normalized spacial score (nSPS) is 19.8. The van der Waals surface area contributed by atoms with Gasteiger partial charge >= 0.3 is 35.4 Å². The van der Waals surface area contributed by atoms with Crippen molar-refractivity contribution in [3.05, 3.63) is 0 Å². The molecule has 386 valence electrons. The van der Waals surface area contributed by atoms with E-state index in [1.807, 2.05) is 5.92 Å². The number of esters is 2. The summed E-state index contributed by atoms with van der Waals surface area (Å²) in [5.41, 5.74) is 0. The molecule has 5 unspecified atom stereocenters. The molecule has 0 saturated heterocycles. The first kappa shape index (κ1) is 61.0. The second-order valence-electron chi connectivity index (χ2n) is 13.5. The summed E-state index contributed by atoms with van der Waals surface area (Å²) in [4.78, 5) is 72.5. The Hall–Kier alpha value is -4.02. The number of phosphoric ester groups is 3. The second-order valence-corrected chi connectivity index (χ2v) is 17.3. The van der Waals surface area contributed by atoms with Crippen molar-refractivity contribution in [1.82, 2.24) is 0 Å². The predicted molar refractivity (Wildman–Crippen MR) is 269 cm³/mol. The number of ether oxygens (including phenoxy) is 2. The molecule has 1 saturated carbocycles. The topological polar surface area (TPSA) is 303 Å². The first-order valence-corrected chi connectivity index (χ1v) is 24.4. The monoisotopic (exact) mass is 1020 g/mol. The zero-order valence-corrected chi connectivity index (χ0v) is 39.0. The summed E-state index contributed by atoms with van der Waals surface area (Å²) in [5, 5.41) is 31.7. The van der Waals surface area contributed by atoms with E-state index in [1.54, 1.807) is 0 Å². The maximum atomic E-state index is 13.0. The predicted octanol–water partition coefficient (Wildman–Crippen LogP) is 5.94. The standard InChI is InChI=1S/C42H51O19P3.H2S.15H2/c1-3-5-7-9-11-13-15-17-19-20-22-24-26-28-30-35(43)56-32-34(58-36(44)31-29-27-25-23-21-18-16-14-12-10-8-6-4-2)33-57-64(54,55)61-42-38(46)40(59-62(48,49)50)37(45)41(39(42)47)60-63(51,52)53;;;;;;;;;;;;;;;;/h1,34,37-42,45-47H,4,6,8,10,12,14,16,18,21,23,25,27,29,31-33H2,2H3,(H,54,55)(H2,48,49,50)(H2,51,52,53);1H2;15*1H/t34-,37?,38+,39?,40?,41-,42?;;;;;;;;;;;;;;;;/m1................/s1. The number of rotatable bonds is 26. The van der Waals surface area contributed by atoms with Gasteiger partial charge in [-0.25, -0.2) is 18.5 Å². The van der Waals surface area contributed by atoms with Crippen LogP contribution in [0, 0.1) is 95.2 Å². The average molecular weight is 1020 g/mol. The van der Waals surface area contributed by atoms with Gasteiger partial charge in [0.15, 0.2) is 6.10 Å². The first-order valence-electron chi connectivity index (χ1n) is 19.8. The molecule has 0 aliphatic heterocycles. The van der Waals surface area contributed by atoms with E-state index < -0.39 is 91.3 Å². The fraction of sp³-hybridized carbons (Fsp3) is 0.571. The number of phosphoric acid groups is 3. The van der Waals surface area contributed by atoms with E-state index in [4.69, 9.17) is 24.9 Å². The molecule has 8 atom stereocenters. The molecule has 0 heterocycles. The van der Waals surface area contributed by atoms with E-state index in [0.717, 1.165) is 25.7 Å². The van der Waals surface area contributed by atoms with Crippen LogP contribution in [0.15, 0.2) is 0 Å². The van der Waals surface area contributed by atoms with Crippen molar-refractivity contribution in [2.75, 3.05) is 13.2 Å². The fourth-order valence-corrected chi connectivity index (χ4v) is 7.64. The van der Waals surface area contributed by atoms with Crippen molar-refractivity contribution in [1.29, 1.82) is 0 Å². The van der Waals surface area contributed by atoms with Gasteiger partial charge in [0.25, 0.3) is 0 Å². The summed E-state index contributed by atoms with van der Waals surface area (Å²) in [6.07, 6.45) is 1.75. The second kappa shape index (κ2) is 34.3. The van der Waals surface area contributed by atoms with Crippen LogP contribution >= 0.6 is 37.0 Å². The lowest BCUT2D eigenvalue weighted by Crippen LogP contribution is -2.65. The molecule has 0 bridgehead atoms. The minimum atomic E-state index is -5.59. The van der Waals surface area contributed by atoms with Crippen LogP contribution in [0.25, 0.3) is 0 Å². The molecule has 19 nitrogen and oxygen atoms in total. The zero-order valence-electron chi connectivity index (χ0n) is 35.3. The molecule has 0 amide bonds. The van der Waals surface area contributed by atoms with Crippen molar-refractivity contribution in [3.8, 4) is 95.2 Å². The zero-order chi connectivity index (χ0) is 47.9. The van der Waals surface area contributed by atoms with Crippen LogP contribution in [0.2, 0.25) is 0 Å². The van der Waals surface area contributed by atoms with Gasteiger partial charge in [0.1, 0.15) is 43.2 Å². The molecule has 1 fully saturated rings. The van der Waals surface area contributed by atoms with Crippen LogP contribution < -0.4 is 0 Å². The third-order valence-corrected chi connectivity index (χ3v) is 10.4. The smallest absolute Gasteiger partial charge is 0.456 e. The Kier molecular flexibility index (Phi) is 32.2. The highest BCUT2D eigenvalue weighted by atomic mass is 32.1. The number of carbonyl (C=O) groups is 2. The summed E-state index contributed by atoms with van der Waals surface area (Å²) in [7, 11) is -16.7. The third-order valence-electron chi connectivity index (χ3n) is 8.39. The Morgan fingerprint density at radius 2 is 0.938 bits per heavy atom. The molecule has 1 aliphatic carbocycles. The Labute approximate surface area is 408 Å². The SMILES string of the molecule is C#CC#CC#CC#CC#CC#CC#CC#CC(=O)OC[C@H](COP(=O)(O)OC1C(O)[C@H](OP(=O)(O)O)C(O)C(OP(=O)(O)O)[C@@H]1O)OC(=O)CCCCCCCCCCCCCCC.S.[HH].[HH].[HH].[HH].[HH].[HH].[HH].[HH].[HH].[HH].[HH].[HH].[HH].[HH].[HH]. The van der Waals surface area contributed by atoms with E-state index >= 15 is 0 Å². The molecule has 0 aromatic rings. The Morgan fingerprint density at radius 3 is 1.34 bits per heavy atom. The highest BCUT2D eigenvalue weighted by Gasteiger charge is 2.56. The number of carbonyl (C=O) groups excluding carboxylic acids is 2. The Bertz CT molecular complexity index is 2190. The van der Waals surface area contributed by atoms with Gasteiger partial charge in [0.2, 0.25) is 0 Å². The van der Waals surface area contributed by atoms with Gasteiger partial charge in [0.05, 0.1) is 6.61 Å². The molecule has 1 aliphatic rings. The van der Waals surface area contributed by atoms with E-state index in [1.165, 1.54) is 44.9 Å². The molecule has 8 N–H and O–H groups in total. The molecule has 0 radical (unpaired) electrons. The molecule has 65 heavy (non-hydrogen) atoms. The van der Waals surface area contributed by atoms with Gasteiger partial charge in [-0.3, -0.25) is 22.9 Å². The molecular weight excluding hydrogens is 933 g/mol. The van der Waals surface area contributed by atoms with Crippen molar-refractivity contribution in [2.45, 2.75) is 140 Å². The van der Waals surface area contributed by atoms with E-state index in [-0.39, 0.29) is 41.3 Å². The molecule has 0 spiro atoms. The van der Waals surface area contributed by atoms with Crippen LogP contribution in [-0.4, -0.2) is 108 Å². The summed E-state index contributed by atoms with van der Waals surface area (Å²) in [5.74, 6) is 32.5. The molecule has 1 rings (SSSR count). The van der Waals surface area contributed by atoms with Gasteiger partial charge in [-0.05, 0) is 89.3 Å². The van der Waals surface area contributed by atoms with Gasteiger partial charge in [-0.2, -0.15) is 13.5 Å². The molecule has 23 heteroatoms. The van der Waals surface area contributed by atoms with Gasteiger partial charge in [-0.1, -0.05) is 84.0 Å². The van der Waals surface area contributed by atoms with Crippen molar-refractivity contribution in [3.63, 3.8) is 0 Å². The Balaban J connectivity index is -0.000000183. The van der Waals surface area contributed by atoms with Crippen LogP contribution in [-0.2, 0) is 50.9 Å². The van der Waals surface area contributed by atoms with Gasteiger partial charge < -0.3 is 49.3 Å². The quantitative estimate of drug-likeness (QED) is 0.0163.